The van der Waals surface area contributed by atoms with Gasteiger partial charge >= 0.3 is 5.97 Å². The third kappa shape index (κ3) is 2.23. The Hall–Kier alpha value is -0.610. The number of carboxylic acid groups (broad SMARTS) is 1. The van der Waals surface area contributed by atoms with Crippen LogP contribution >= 0.6 is 0 Å². The van der Waals surface area contributed by atoms with Crippen LogP contribution in [0.4, 0.5) is 0 Å². The number of hydrogen-bond donors (Lipinski definition) is 1. The van der Waals surface area contributed by atoms with Gasteiger partial charge in [-0.3, -0.25) is 4.79 Å². The zero-order valence-electron chi connectivity index (χ0n) is 9.95. The van der Waals surface area contributed by atoms with Gasteiger partial charge in [-0.05, 0) is 45.7 Å². The zero-order chi connectivity index (χ0) is 11.6. The van der Waals surface area contributed by atoms with E-state index in [-0.39, 0.29) is 0 Å². The second kappa shape index (κ2) is 4.72. The number of likely N-dealkylation sites (tertiary alicyclic amines) is 1. The van der Waals surface area contributed by atoms with E-state index in [1.54, 1.807) is 0 Å². The molecule has 4 nitrogen and oxygen atoms in total. The smallest absolute Gasteiger partial charge is 0.309 e. The number of nitrogens with zero attached hydrogens (tertiary/aromatic N) is 1. The lowest BCUT2D eigenvalue weighted by Crippen LogP contribution is -2.42. The second-order valence-corrected chi connectivity index (χ2v) is 5.18. The number of ether oxygens (including phenoxy) is 1. The zero-order valence-corrected chi connectivity index (χ0v) is 9.95. The Labute approximate surface area is 96.6 Å². The molecule has 2 saturated heterocycles. The van der Waals surface area contributed by atoms with Crippen LogP contribution in [0, 0.1) is 5.41 Å². The summed E-state index contributed by atoms with van der Waals surface area (Å²) in [5.41, 5.74) is -0.526. The van der Waals surface area contributed by atoms with Crippen LogP contribution in [0.25, 0.3) is 0 Å². The van der Waals surface area contributed by atoms with Gasteiger partial charge in [-0.1, -0.05) is 0 Å². The van der Waals surface area contributed by atoms with E-state index in [9.17, 15) is 9.90 Å². The van der Waals surface area contributed by atoms with Crippen molar-refractivity contribution in [2.75, 3.05) is 26.8 Å². The van der Waals surface area contributed by atoms with E-state index in [1.165, 1.54) is 6.42 Å². The van der Waals surface area contributed by atoms with Crippen LogP contribution in [0.5, 0.6) is 0 Å². The van der Waals surface area contributed by atoms with Crippen molar-refractivity contribution in [2.45, 2.75) is 38.1 Å². The van der Waals surface area contributed by atoms with Crippen molar-refractivity contribution in [2.24, 2.45) is 5.41 Å². The molecule has 0 aromatic carbocycles. The van der Waals surface area contributed by atoms with Gasteiger partial charge in [-0.2, -0.15) is 0 Å². The van der Waals surface area contributed by atoms with Crippen molar-refractivity contribution in [3.8, 4) is 0 Å². The van der Waals surface area contributed by atoms with Crippen LogP contribution in [0.2, 0.25) is 0 Å². The summed E-state index contributed by atoms with van der Waals surface area (Å²) in [6.07, 6.45) is 4.49. The minimum atomic E-state index is -0.629. The molecule has 16 heavy (non-hydrogen) atoms. The topological polar surface area (TPSA) is 49.8 Å². The van der Waals surface area contributed by atoms with Crippen molar-refractivity contribution in [3.05, 3.63) is 0 Å². The van der Waals surface area contributed by atoms with E-state index in [4.69, 9.17) is 4.74 Å². The molecule has 0 saturated carbocycles. The Morgan fingerprint density at radius 2 is 2.19 bits per heavy atom. The van der Waals surface area contributed by atoms with Crippen molar-refractivity contribution < 1.29 is 14.6 Å². The maximum absolute atomic E-state index is 11.5. The highest BCUT2D eigenvalue weighted by molar-refractivity contribution is 5.74. The van der Waals surface area contributed by atoms with Gasteiger partial charge in [0.1, 0.15) is 0 Å². The molecule has 2 rings (SSSR count). The first-order valence-corrected chi connectivity index (χ1v) is 6.15. The Morgan fingerprint density at radius 1 is 1.50 bits per heavy atom. The second-order valence-electron chi connectivity index (χ2n) is 5.18. The lowest BCUT2D eigenvalue weighted by Gasteiger charge is -2.36. The highest BCUT2D eigenvalue weighted by Crippen LogP contribution is 2.38. The molecule has 1 unspecified atom stereocenters. The molecule has 4 heteroatoms. The summed E-state index contributed by atoms with van der Waals surface area (Å²) in [6, 6.07) is 0.453. The normalized spacial score (nSPS) is 30.4. The average molecular weight is 227 g/mol. The Balaban J connectivity index is 2.04. The number of carboxylic acids is 1. The summed E-state index contributed by atoms with van der Waals surface area (Å²) in [7, 11) is 2.10. The summed E-state index contributed by atoms with van der Waals surface area (Å²) in [6.45, 7) is 2.31. The van der Waals surface area contributed by atoms with Crippen LogP contribution in [-0.2, 0) is 9.53 Å². The highest BCUT2D eigenvalue weighted by atomic mass is 16.5. The molecule has 2 fully saturated rings. The van der Waals surface area contributed by atoms with Gasteiger partial charge in [0.25, 0.3) is 0 Å². The van der Waals surface area contributed by atoms with Gasteiger partial charge in [-0.15, -0.1) is 0 Å². The van der Waals surface area contributed by atoms with E-state index in [1.807, 2.05) is 0 Å². The predicted molar refractivity (Wildman–Crippen MR) is 60.4 cm³/mol. The summed E-state index contributed by atoms with van der Waals surface area (Å²) in [5, 5.41) is 9.46. The molecule has 92 valence electrons. The average Bonchev–Trinajstić information content (AvgIpc) is 2.65. The summed E-state index contributed by atoms with van der Waals surface area (Å²) in [5.74, 6) is -0.629. The molecular formula is C12H21NO3. The maximum Gasteiger partial charge on any atom is 0.309 e. The predicted octanol–water partition coefficient (Wildman–Crippen LogP) is 1.35. The Bertz CT molecular complexity index is 261. The minimum Gasteiger partial charge on any atom is -0.481 e. The van der Waals surface area contributed by atoms with Crippen molar-refractivity contribution in [3.63, 3.8) is 0 Å². The van der Waals surface area contributed by atoms with Crippen molar-refractivity contribution in [1.29, 1.82) is 0 Å². The molecule has 2 aliphatic heterocycles. The molecule has 0 aromatic heterocycles. The van der Waals surface area contributed by atoms with Crippen molar-refractivity contribution >= 4 is 5.97 Å². The van der Waals surface area contributed by atoms with Crippen LogP contribution in [0.15, 0.2) is 0 Å². The van der Waals surface area contributed by atoms with Crippen LogP contribution in [0.3, 0.4) is 0 Å². The van der Waals surface area contributed by atoms with Gasteiger partial charge in [-0.25, -0.2) is 0 Å². The number of hydrogen-bond acceptors (Lipinski definition) is 3. The third-order valence-electron chi connectivity index (χ3n) is 4.20. The van der Waals surface area contributed by atoms with E-state index >= 15 is 0 Å². The molecule has 1 N–H and O–H groups in total. The van der Waals surface area contributed by atoms with E-state index in [0.29, 0.717) is 32.1 Å². The van der Waals surface area contributed by atoms with Gasteiger partial charge in [0.05, 0.1) is 5.41 Å². The van der Waals surface area contributed by atoms with Gasteiger partial charge in [0.15, 0.2) is 0 Å². The van der Waals surface area contributed by atoms with E-state index < -0.39 is 11.4 Å². The fraction of sp³-hybridized carbons (Fsp3) is 0.917. The van der Waals surface area contributed by atoms with Gasteiger partial charge in [0, 0.05) is 19.3 Å². The highest BCUT2D eigenvalue weighted by Gasteiger charge is 2.43. The lowest BCUT2D eigenvalue weighted by molar-refractivity contribution is -0.156. The largest absolute Gasteiger partial charge is 0.481 e. The lowest BCUT2D eigenvalue weighted by atomic mass is 9.75. The van der Waals surface area contributed by atoms with E-state index in [2.05, 4.69) is 11.9 Å². The quantitative estimate of drug-likeness (QED) is 0.790. The number of rotatable bonds is 3. The number of carbonyl (C=O) groups is 1. The first kappa shape index (κ1) is 11.9. The van der Waals surface area contributed by atoms with Crippen molar-refractivity contribution in [1.82, 2.24) is 4.90 Å². The first-order valence-electron chi connectivity index (χ1n) is 6.15. The molecule has 0 radical (unpaired) electrons. The molecular weight excluding hydrogens is 206 g/mol. The van der Waals surface area contributed by atoms with Gasteiger partial charge < -0.3 is 14.7 Å². The molecule has 0 spiro atoms. The van der Waals surface area contributed by atoms with E-state index in [0.717, 1.165) is 19.4 Å². The molecule has 0 aliphatic carbocycles. The minimum absolute atomic E-state index is 0.453. The molecule has 0 aromatic rings. The SMILES string of the molecule is CN1CCCC1CC1(C(=O)O)CCOCC1. The summed E-state index contributed by atoms with van der Waals surface area (Å²) >= 11 is 0. The molecule has 0 amide bonds. The number of aliphatic carboxylic acids is 1. The third-order valence-corrected chi connectivity index (χ3v) is 4.20. The summed E-state index contributed by atoms with van der Waals surface area (Å²) < 4.78 is 5.29. The fourth-order valence-electron chi connectivity index (χ4n) is 2.96. The van der Waals surface area contributed by atoms with Crippen LogP contribution in [-0.4, -0.2) is 48.8 Å². The maximum atomic E-state index is 11.5. The summed E-state index contributed by atoms with van der Waals surface area (Å²) in [4.78, 5) is 13.8. The Morgan fingerprint density at radius 3 is 2.69 bits per heavy atom. The van der Waals surface area contributed by atoms with Crippen LogP contribution < -0.4 is 0 Å². The molecule has 1 atom stereocenters. The van der Waals surface area contributed by atoms with Crippen LogP contribution in [0.1, 0.15) is 32.1 Å². The first-order chi connectivity index (χ1) is 7.64. The standard InChI is InChI=1S/C12H21NO3/c1-13-6-2-3-10(13)9-12(11(14)15)4-7-16-8-5-12/h10H,2-9H2,1H3,(H,14,15). The Kier molecular flexibility index (Phi) is 3.50. The fourth-order valence-corrected chi connectivity index (χ4v) is 2.96. The monoisotopic (exact) mass is 227 g/mol. The molecule has 2 aliphatic rings. The molecule has 0 bridgehead atoms. The molecule has 2 heterocycles. The van der Waals surface area contributed by atoms with Gasteiger partial charge in [0.2, 0.25) is 0 Å².